The van der Waals surface area contributed by atoms with E-state index in [2.05, 4.69) is 30.0 Å². The quantitative estimate of drug-likeness (QED) is 0.0858. The highest BCUT2D eigenvalue weighted by atomic mass is 32.2. The summed E-state index contributed by atoms with van der Waals surface area (Å²) >= 11 is 1.02. The first-order valence-electron chi connectivity index (χ1n) is 15.0. The number of nitrogens with one attached hydrogen (secondary N) is 1. The van der Waals surface area contributed by atoms with Crippen molar-refractivity contribution in [3.63, 3.8) is 0 Å². The molecule has 3 aromatic carbocycles. The van der Waals surface area contributed by atoms with Gasteiger partial charge in [-0.05, 0) is 59.9 Å². The molecular formula is C39H37N3O4S. The molecule has 0 aliphatic carbocycles. The van der Waals surface area contributed by atoms with Crippen LogP contribution in [-0.4, -0.2) is 40.1 Å². The van der Waals surface area contributed by atoms with E-state index >= 15 is 0 Å². The molecule has 0 spiro atoms. The monoisotopic (exact) mass is 643 g/mol. The zero-order valence-electron chi connectivity index (χ0n) is 26.3. The molecule has 0 bridgehead atoms. The Kier molecular flexibility index (Phi) is 12.7. The second kappa shape index (κ2) is 17.3. The van der Waals surface area contributed by atoms with E-state index in [1.807, 2.05) is 66.7 Å². The number of aliphatic imine (C=N–C) groups is 1. The lowest BCUT2D eigenvalue weighted by Gasteiger charge is -2.28. The predicted molar refractivity (Wildman–Crippen MR) is 192 cm³/mol. The van der Waals surface area contributed by atoms with E-state index in [1.165, 1.54) is 11.0 Å². The van der Waals surface area contributed by atoms with Crippen LogP contribution in [0.1, 0.15) is 35.2 Å². The number of rotatable bonds is 14. The molecule has 1 aliphatic heterocycles. The summed E-state index contributed by atoms with van der Waals surface area (Å²) in [6.07, 6.45) is 12.2. The van der Waals surface area contributed by atoms with E-state index in [-0.39, 0.29) is 28.4 Å². The smallest absolute Gasteiger partial charge is 0.285 e. The number of carbonyl (C=O) groups is 3. The molecular weight excluding hydrogens is 607 g/mol. The van der Waals surface area contributed by atoms with E-state index in [1.54, 1.807) is 55.5 Å². The van der Waals surface area contributed by atoms with Gasteiger partial charge in [0.1, 0.15) is 17.9 Å². The van der Waals surface area contributed by atoms with E-state index in [0.717, 1.165) is 28.5 Å². The first kappa shape index (κ1) is 34.4. The molecule has 0 atom stereocenters. The highest BCUT2D eigenvalue weighted by Crippen LogP contribution is 2.28. The van der Waals surface area contributed by atoms with E-state index in [9.17, 15) is 14.4 Å². The van der Waals surface area contributed by atoms with Gasteiger partial charge in [0.05, 0.1) is 11.8 Å². The molecule has 7 nitrogen and oxygen atoms in total. The summed E-state index contributed by atoms with van der Waals surface area (Å²) in [5.74, 6) is -0.949. The number of hydrogen-bond acceptors (Lipinski definition) is 5. The Morgan fingerprint density at radius 1 is 0.979 bits per heavy atom. The minimum atomic E-state index is -0.694. The summed E-state index contributed by atoms with van der Waals surface area (Å²) < 4.78 is 5.75. The Morgan fingerprint density at radius 3 is 2.26 bits per heavy atom. The van der Waals surface area contributed by atoms with Crippen molar-refractivity contribution in [1.29, 1.82) is 0 Å². The number of thioether (sulfide) groups is 1. The summed E-state index contributed by atoms with van der Waals surface area (Å²) in [5.41, 5.74) is 3.70. The second-order valence-electron chi connectivity index (χ2n) is 10.3. The van der Waals surface area contributed by atoms with Crippen LogP contribution in [0.4, 0.5) is 0 Å². The number of carbonyl (C=O) groups excluding carboxylic acids is 3. The molecule has 1 N–H and O–H groups in total. The van der Waals surface area contributed by atoms with Gasteiger partial charge >= 0.3 is 0 Å². The molecule has 238 valence electrons. The number of amidine groups is 1. The average Bonchev–Trinajstić information content (AvgIpc) is 3.09. The minimum Gasteiger partial charge on any atom is -0.489 e. The van der Waals surface area contributed by atoms with Gasteiger partial charge in [0.15, 0.2) is 5.17 Å². The highest BCUT2D eigenvalue weighted by molar-refractivity contribution is 8.14. The third-order valence-corrected chi connectivity index (χ3v) is 7.97. The lowest BCUT2D eigenvalue weighted by molar-refractivity contribution is -0.126. The third kappa shape index (κ3) is 9.05. The molecule has 0 saturated carbocycles. The van der Waals surface area contributed by atoms with Crippen molar-refractivity contribution >= 4 is 40.7 Å². The number of ether oxygens (including phenoxy) is 1. The van der Waals surface area contributed by atoms with Crippen molar-refractivity contribution in [2.45, 2.75) is 19.4 Å². The summed E-state index contributed by atoms with van der Waals surface area (Å²) in [5, 5.41) is 3.20. The van der Waals surface area contributed by atoms with Gasteiger partial charge in [0.25, 0.3) is 11.8 Å². The molecule has 0 aromatic heterocycles. The maximum atomic E-state index is 14.0. The van der Waals surface area contributed by atoms with Crippen LogP contribution in [0, 0.1) is 0 Å². The molecule has 0 radical (unpaired) electrons. The molecule has 0 unspecified atom stereocenters. The van der Waals surface area contributed by atoms with Crippen LogP contribution in [0.3, 0.4) is 0 Å². The van der Waals surface area contributed by atoms with E-state index in [0.29, 0.717) is 30.0 Å². The molecule has 1 aliphatic rings. The van der Waals surface area contributed by atoms with Crippen LogP contribution >= 0.6 is 11.8 Å². The molecule has 3 aromatic rings. The summed E-state index contributed by atoms with van der Waals surface area (Å²) in [7, 11) is 0. The molecule has 0 saturated heterocycles. The lowest BCUT2D eigenvalue weighted by atomic mass is 9.99. The predicted octanol–water partition coefficient (Wildman–Crippen LogP) is 7.37. The highest BCUT2D eigenvalue weighted by Gasteiger charge is 2.35. The van der Waals surface area contributed by atoms with Gasteiger partial charge in [-0.25, -0.2) is 0 Å². The van der Waals surface area contributed by atoms with Gasteiger partial charge in [-0.1, -0.05) is 122 Å². The minimum absolute atomic E-state index is 0.0790. The Balaban J connectivity index is 1.63. The van der Waals surface area contributed by atoms with Crippen molar-refractivity contribution in [3.8, 4) is 5.75 Å². The maximum absolute atomic E-state index is 14.0. The third-order valence-electron chi connectivity index (χ3n) is 7.03. The van der Waals surface area contributed by atoms with Crippen LogP contribution in [0.5, 0.6) is 5.75 Å². The van der Waals surface area contributed by atoms with Crippen LogP contribution in [-0.2, 0) is 20.8 Å². The zero-order valence-corrected chi connectivity index (χ0v) is 27.1. The van der Waals surface area contributed by atoms with Gasteiger partial charge in [0, 0.05) is 5.70 Å². The normalized spacial score (nSPS) is 14.3. The van der Waals surface area contributed by atoms with Crippen LogP contribution in [0.2, 0.25) is 0 Å². The summed E-state index contributed by atoms with van der Waals surface area (Å²) in [4.78, 5) is 46.4. The number of benzene rings is 3. The van der Waals surface area contributed by atoms with Crippen molar-refractivity contribution in [2.24, 2.45) is 4.99 Å². The van der Waals surface area contributed by atoms with Gasteiger partial charge in [0.2, 0.25) is 5.91 Å². The van der Waals surface area contributed by atoms with Gasteiger partial charge < -0.3 is 10.1 Å². The molecule has 1 heterocycles. The van der Waals surface area contributed by atoms with Crippen LogP contribution in [0.15, 0.2) is 151 Å². The Hall–Kier alpha value is -5.47. The summed E-state index contributed by atoms with van der Waals surface area (Å²) in [6.45, 7) is 13.4. The lowest BCUT2D eigenvalue weighted by Crippen LogP contribution is -2.42. The van der Waals surface area contributed by atoms with Gasteiger partial charge in [-0.2, -0.15) is 4.99 Å². The fourth-order valence-corrected chi connectivity index (χ4v) is 5.66. The van der Waals surface area contributed by atoms with Crippen molar-refractivity contribution in [3.05, 3.63) is 169 Å². The number of amides is 3. The average molecular weight is 644 g/mol. The maximum Gasteiger partial charge on any atom is 0.285 e. The standard InChI is InChI=1S/C39H37N3O4S/c1-5-9-21-32(8-4)42-38(45)33(26-28-22-23-34(46-24-7-3)31(25-28)16-6-2)37(44)41-39(42)47-27-35(43)40-36(29-17-12-10-13-18-29)30-19-14-11-15-20-30/h5-15,17-23,25-26,36H,1-3,16,24,27H2,4H3,(H,40,43)/b21-9-,32-8+,33-26+. The first-order valence-corrected chi connectivity index (χ1v) is 16.0. The van der Waals surface area contributed by atoms with Crippen molar-refractivity contribution in [2.75, 3.05) is 12.4 Å². The van der Waals surface area contributed by atoms with Crippen molar-refractivity contribution in [1.82, 2.24) is 10.2 Å². The molecule has 3 amide bonds. The second-order valence-corrected chi connectivity index (χ2v) is 11.2. The summed E-state index contributed by atoms with van der Waals surface area (Å²) in [6, 6.07) is 24.4. The number of allylic oxidation sites excluding steroid dienone is 5. The van der Waals surface area contributed by atoms with E-state index < -0.39 is 11.8 Å². The fraction of sp³-hybridized carbons (Fsp3) is 0.128. The Morgan fingerprint density at radius 2 is 1.66 bits per heavy atom. The van der Waals surface area contributed by atoms with Crippen molar-refractivity contribution < 1.29 is 19.1 Å². The molecule has 0 fully saturated rings. The van der Waals surface area contributed by atoms with E-state index in [4.69, 9.17) is 4.74 Å². The topological polar surface area (TPSA) is 88.1 Å². The first-order chi connectivity index (χ1) is 22.9. The van der Waals surface area contributed by atoms with Gasteiger partial charge in [-0.3, -0.25) is 19.3 Å². The molecule has 4 rings (SSSR count). The largest absolute Gasteiger partial charge is 0.489 e. The Labute approximate surface area is 280 Å². The zero-order chi connectivity index (χ0) is 33.6. The molecule has 8 heteroatoms. The number of hydrogen-bond donors (Lipinski definition) is 1. The van der Waals surface area contributed by atoms with Gasteiger partial charge in [-0.15, -0.1) is 6.58 Å². The fourth-order valence-electron chi connectivity index (χ4n) is 4.85. The SMILES string of the molecule is C=C/C=C\C(=C/C)N1C(=O)/C(=C/c2ccc(OCC=C)c(CC=C)c2)C(=O)N=C1SCC(=O)NC(c1ccccc1)c1ccccc1. The number of nitrogens with zero attached hydrogens (tertiary/aromatic N) is 2. The van der Waals surface area contributed by atoms with Crippen LogP contribution < -0.4 is 10.1 Å². The van der Waals surface area contributed by atoms with Crippen LogP contribution in [0.25, 0.3) is 6.08 Å². The Bertz CT molecular complexity index is 1720. The molecule has 47 heavy (non-hydrogen) atoms.